The Morgan fingerprint density at radius 2 is 1.90 bits per heavy atom. The average Bonchev–Trinajstić information content (AvgIpc) is 2.80. The van der Waals surface area contributed by atoms with Gasteiger partial charge in [-0.3, -0.25) is 0 Å². The zero-order chi connectivity index (χ0) is 14.9. The molecule has 20 heavy (non-hydrogen) atoms. The first-order valence-electron chi connectivity index (χ1n) is 7.36. The third-order valence-corrected chi connectivity index (χ3v) is 4.68. The summed E-state index contributed by atoms with van der Waals surface area (Å²) >= 11 is 0. The van der Waals surface area contributed by atoms with Crippen LogP contribution >= 0.6 is 0 Å². The summed E-state index contributed by atoms with van der Waals surface area (Å²) in [6.45, 7) is 2.25. The number of aliphatic carboxylic acids is 1. The maximum atomic E-state index is 12.5. The number of carboxylic acids is 1. The van der Waals surface area contributed by atoms with Crippen LogP contribution < -0.4 is 0 Å². The van der Waals surface area contributed by atoms with Gasteiger partial charge in [0.1, 0.15) is 6.04 Å². The number of nitrogens with zero attached hydrogens (tertiary/aromatic N) is 2. The molecule has 0 aromatic rings. The maximum Gasteiger partial charge on any atom is 0.326 e. The highest BCUT2D eigenvalue weighted by Crippen LogP contribution is 2.29. The third-order valence-electron chi connectivity index (χ3n) is 4.68. The van der Waals surface area contributed by atoms with E-state index in [-0.39, 0.29) is 25.0 Å². The minimum Gasteiger partial charge on any atom is -0.480 e. The van der Waals surface area contributed by atoms with E-state index >= 15 is 0 Å². The Morgan fingerprint density at radius 1 is 1.25 bits per heavy atom. The number of carbonyl (C=O) groups is 2. The van der Waals surface area contributed by atoms with E-state index < -0.39 is 18.1 Å². The van der Waals surface area contributed by atoms with E-state index in [1.807, 2.05) is 0 Å². The fourth-order valence-corrected chi connectivity index (χ4v) is 3.48. The third kappa shape index (κ3) is 2.90. The van der Waals surface area contributed by atoms with Gasteiger partial charge >= 0.3 is 12.0 Å². The van der Waals surface area contributed by atoms with Gasteiger partial charge in [-0.2, -0.15) is 0 Å². The molecule has 1 saturated carbocycles. The monoisotopic (exact) mass is 284 g/mol. The lowest BCUT2D eigenvalue weighted by atomic mass is 9.85. The summed E-state index contributed by atoms with van der Waals surface area (Å²) < 4.78 is 0. The van der Waals surface area contributed by atoms with Crippen molar-refractivity contribution in [3.05, 3.63) is 0 Å². The van der Waals surface area contributed by atoms with E-state index in [0.29, 0.717) is 5.92 Å². The van der Waals surface area contributed by atoms with Gasteiger partial charge in [0, 0.05) is 26.1 Å². The van der Waals surface area contributed by atoms with Crippen LogP contribution in [0.1, 0.15) is 39.0 Å². The number of β-amino-alcohol motifs (C(OH)–C–C–N with tert-alkyl or cyclic N) is 1. The number of amides is 2. The summed E-state index contributed by atoms with van der Waals surface area (Å²) in [6.07, 6.45) is 3.76. The first kappa shape index (κ1) is 15.1. The van der Waals surface area contributed by atoms with E-state index in [4.69, 9.17) is 0 Å². The van der Waals surface area contributed by atoms with E-state index in [9.17, 15) is 19.8 Å². The highest BCUT2D eigenvalue weighted by atomic mass is 16.4. The second kappa shape index (κ2) is 5.99. The van der Waals surface area contributed by atoms with Crippen molar-refractivity contribution in [2.75, 3.05) is 13.6 Å². The topological polar surface area (TPSA) is 81.1 Å². The molecule has 4 atom stereocenters. The van der Waals surface area contributed by atoms with Crippen LogP contribution in [0, 0.1) is 5.92 Å². The first-order chi connectivity index (χ1) is 9.41. The molecule has 0 spiro atoms. The van der Waals surface area contributed by atoms with Crippen LogP contribution in [-0.4, -0.2) is 63.8 Å². The van der Waals surface area contributed by atoms with Gasteiger partial charge in [-0.05, 0) is 18.8 Å². The van der Waals surface area contributed by atoms with E-state index in [2.05, 4.69) is 6.92 Å². The molecule has 6 heteroatoms. The zero-order valence-electron chi connectivity index (χ0n) is 12.2. The van der Waals surface area contributed by atoms with Crippen LogP contribution in [0.25, 0.3) is 0 Å². The summed E-state index contributed by atoms with van der Waals surface area (Å²) in [4.78, 5) is 26.7. The second-order valence-corrected chi connectivity index (χ2v) is 6.12. The molecule has 2 amide bonds. The van der Waals surface area contributed by atoms with Gasteiger partial charge in [-0.25, -0.2) is 9.59 Å². The summed E-state index contributed by atoms with van der Waals surface area (Å²) in [6, 6.07) is -1.00. The number of carboxylic acid groups (broad SMARTS) is 1. The Morgan fingerprint density at radius 3 is 2.50 bits per heavy atom. The summed E-state index contributed by atoms with van der Waals surface area (Å²) in [7, 11) is 1.75. The predicted octanol–water partition coefficient (Wildman–Crippen LogP) is 1.14. The van der Waals surface area contributed by atoms with Crippen molar-refractivity contribution in [1.29, 1.82) is 0 Å². The van der Waals surface area contributed by atoms with Crippen molar-refractivity contribution in [2.24, 2.45) is 5.92 Å². The summed E-state index contributed by atoms with van der Waals surface area (Å²) in [5, 5.41) is 18.8. The lowest BCUT2D eigenvalue weighted by molar-refractivity contribution is -0.141. The largest absolute Gasteiger partial charge is 0.480 e. The van der Waals surface area contributed by atoms with Crippen LogP contribution in [0.3, 0.4) is 0 Å². The Labute approximate surface area is 119 Å². The van der Waals surface area contributed by atoms with Crippen molar-refractivity contribution in [3.63, 3.8) is 0 Å². The van der Waals surface area contributed by atoms with Crippen LogP contribution in [-0.2, 0) is 4.79 Å². The zero-order valence-corrected chi connectivity index (χ0v) is 12.2. The first-order valence-corrected chi connectivity index (χ1v) is 7.36. The van der Waals surface area contributed by atoms with Gasteiger partial charge in [-0.1, -0.05) is 19.8 Å². The van der Waals surface area contributed by atoms with E-state index in [1.54, 1.807) is 11.9 Å². The second-order valence-electron chi connectivity index (χ2n) is 6.12. The molecule has 1 aliphatic carbocycles. The molecule has 1 heterocycles. The van der Waals surface area contributed by atoms with Gasteiger partial charge in [0.05, 0.1) is 6.10 Å². The molecule has 0 aromatic heterocycles. The lowest BCUT2D eigenvalue weighted by Gasteiger charge is -2.38. The number of likely N-dealkylation sites (tertiary alicyclic amines) is 1. The van der Waals surface area contributed by atoms with Gasteiger partial charge in [0.15, 0.2) is 0 Å². The summed E-state index contributed by atoms with van der Waals surface area (Å²) in [5.74, 6) is -0.603. The molecule has 0 radical (unpaired) electrons. The van der Waals surface area contributed by atoms with Gasteiger partial charge < -0.3 is 20.0 Å². The Hall–Kier alpha value is -1.30. The van der Waals surface area contributed by atoms with Crippen molar-refractivity contribution >= 4 is 12.0 Å². The van der Waals surface area contributed by atoms with Crippen LogP contribution in [0.15, 0.2) is 0 Å². The van der Waals surface area contributed by atoms with Crippen molar-refractivity contribution in [3.8, 4) is 0 Å². The van der Waals surface area contributed by atoms with Gasteiger partial charge in [0.2, 0.25) is 0 Å². The van der Waals surface area contributed by atoms with Crippen LogP contribution in [0.4, 0.5) is 4.79 Å². The Kier molecular flexibility index (Phi) is 4.52. The highest BCUT2D eigenvalue weighted by Gasteiger charge is 2.41. The molecule has 2 fully saturated rings. The highest BCUT2D eigenvalue weighted by molar-refractivity contribution is 5.83. The van der Waals surface area contributed by atoms with Crippen molar-refractivity contribution in [1.82, 2.24) is 9.80 Å². The number of rotatable bonds is 2. The minimum atomic E-state index is -1.04. The average molecular weight is 284 g/mol. The molecular formula is C14H24N2O4. The minimum absolute atomic E-state index is 0.112. The molecule has 114 valence electrons. The fourth-order valence-electron chi connectivity index (χ4n) is 3.48. The SMILES string of the molecule is CC1CCCCC1N(C)C(=O)N1CC(O)CC1C(=O)O. The molecule has 0 aromatic carbocycles. The maximum absolute atomic E-state index is 12.5. The van der Waals surface area contributed by atoms with Gasteiger partial charge in [0.25, 0.3) is 0 Å². The predicted molar refractivity (Wildman–Crippen MR) is 73.3 cm³/mol. The lowest BCUT2D eigenvalue weighted by Crippen LogP contribution is -2.52. The summed E-state index contributed by atoms with van der Waals surface area (Å²) in [5.41, 5.74) is 0. The van der Waals surface area contributed by atoms with E-state index in [0.717, 1.165) is 19.3 Å². The van der Waals surface area contributed by atoms with Crippen molar-refractivity contribution < 1.29 is 19.8 Å². The molecule has 6 nitrogen and oxygen atoms in total. The number of aliphatic hydroxyl groups is 1. The number of aliphatic hydroxyl groups excluding tert-OH is 1. The van der Waals surface area contributed by atoms with Crippen LogP contribution in [0.5, 0.6) is 0 Å². The molecule has 2 rings (SSSR count). The number of carbonyl (C=O) groups excluding carboxylic acids is 1. The smallest absolute Gasteiger partial charge is 0.326 e. The quantitative estimate of drug-likeness (QED) is 0.796. The molecule has 2 N–H and O–H groups in total. The van der Waals surface area contributed by atoms with Gasteiger partial charge in [-0.15, -0.1) is 0 Å². The molecular weight excluding hydrogens is 260 g/mol. The van der Waals surface area contributed by atoms with Crippen molar-refractivity contribution in [2.45, 2.75) is 57.2 Å². The fraction of sp³-hybridized carbons (Fsp3) is 0.857. The molecule has 2 aliphatic rings. The van der Waals surface area contributed by atoms with Crippen LogP contribution in [0.2, 0.25) is 0 Å². The number of urea groups is 1. The molecule has 0 bridgehead atoms. The molecule has 1 saturated heterocycles. The number of hydrogen-bond acceptors (Lipinski definition) is 3. The van der Waals surface area contributed by atoms with E-state index in [1.165, 1.54) is 11.3 Å². The number of hydrogen-bond donors (Lipinski definition) is 2. The molecule has 4 unspecified atom stereocenters. The standard InChI is InChI=1S/C14H24N2O4/c1-9-5-3-4-6-11(9)15(2)14(20)16-8-10(17)7-12(16)13(18)19/h9-12,17H,3-8H2,1-2H3,(H,18,19). The normalized spacial score (nSPS) is 34.0. The molecule has 1 aliphatic heterocycles. The Balaban J connectivity index is 2.07. The Bertz CT molecular complexity index is 387.